The number of hydrogen-bond donors (Lipinski definition) is 2. The Morgan fingerprint density at radius 2 is 2.25 bits per heavy atom. The Hall–Kier alpha value is -0.160. The fourth-order valence-corrected chi connectivity index (χ4v) is 1.96. The van der Waals surface area contributed by atoms with Crippen LogP contribution in [0.3, 0.4) is 0 Å². The Bertz CT molecular complexity index is 146. The molecule has 2 saturated heterocycles. The van der Waals surface area contributed by atoms with Crippen molar-refractivity contribution in [3.05, 3.63) is 0 Å². The van der Waals surface area contributed by atoms with Crippen LogP contribution in [0.25, 0.3) is 0 Å². The zero-order valence-corrected chi connectivity index (χ0v) is 7.60. The Kier molecular flexibility index (Phi) is 2.32. The van der Waals surface area contributed by atoms with E-state index >= 15 is 0 Å². The van der Waals surface area contributed by atoms with Gasteiger partial charge in [-0.25, -0.2) is 5.01 Å². The number of nitrogens with zero attached hydrogens (tertiary/aromatic N) is 1. The van der Waals surface area contributed by atoms with Gasteiger partial charge >= 0.3 is 0 Å². The van der Waals surface area contributed by atoms with Crippen LogP contribution >= 0.6 is 0 Å². The molecule has 0 radical (unpaired) electrons. The number of ether oxygens (including phenoxy) is 1. The van der Waals surface area contributed by atoms with Gasteiger partial charge in [0.05, 0.1) is 6.61 Å². The van der Waals surface area contributed by atoms with Gasteiger partial charge in [0.1, 0.15) is 0 Å². The van der Waals surface area contributed by atoms with E-state index in [0.717, 1.165) is 39.3 Å². The summed E-state index contributed by atoms with van der Waals surface area (Å²) in [4.78, 5) is 0. The molecule has 0 bridgehead atoms. The summed E-state index contributed by atoms with van der Waals surface area (Å²) in [6.07, 6.45) is 1.14. The monoisotopic (exact) mass is 171 g/mol. The minimum atomic E-state index is 0.347. The molecule has 2 rings (SSSR count). The third kappa shape index (κ3) is 1.47. The minimum absolute atomic E-state index is 0.347. The van der Waals surface area contributed by atoms with Crippen LogP contribution in [-0.2, 0) is 4.74 Å². The molecule has 0 saturated carbocycles. The fraction of sp³-hybridized carbons (Fsp3) is 1.00. The predicted octanol–water partition coefficient (Wildman–Crippen LogP) is -0.815. The summed E-state index contributed by atoms with van der Waals surface area (Å²) in [5.41, 5.74) is 3.49. The van der Waals surface area contributed by atoms with Crippen LogP contribution in [0.1, 0.15) is 6.42 Å². The van der Waals surface area contributed by atoms with Gasteiger partial charge in [-0.15, -0.1) is 0 Å². The summed E-state index contributed by atoms with van der Waals surface area (Å²) in [6, 6.07) is 0. The molecule has 0 aromatic heterocycles. The molecule has 2 heterocycles. The lowest BCUT2D eigenvalue weighted by Crippen LogP contribution is -2.71. The van der Waals surface area contributed by atoms with Crippen molar-refractivity contribution in [2.24, 2.45) is 0 Å². The average Bonchev–Trinajstić information content (AvgIpc) is 2.25. The topological polar surface area (TPSA) is 36.5 Å². The molecule has 2 N–H and O–H groups in total. The molecule has 0 atom stereocenters. The van der Waals surface area contributed by atoms with Crippen molar-refractivity contribution in [3.8, 4) is 0 Å². The Morgan fingerprint density at radius 1 is 1.42 bits per heavy atom. The Morgan fingerprint density at radius 3 is 3.00 bits per heavy atom. The molecule has 2 aliphatic rings. The molecule has 0 amide bonds. The smallest absolute Gasteiger partial charge is 0.0591 e. The van der Waals surface area contributed by atoms with Crippen LogP contribution in [0.15, 0.2) is 0 Å². The van der Waals surface area contributed by atoms with Gasteiger partial charge in [0, 0.05) is 31.8 Å². The molecular weight excluding hydrogens is 154 g/mol. The number of hydrazine groups is 1. The lowest BCUT2D eigenvalue weighted by molar-refractivity contribution is 0.000412. The van der Waals surface area contributed by atoms with Crippen LogP contribution in [0.5, 0.6) is 0 Å². The standard InChI is InChI=1S/C8H17N3O/c1-9-11-6-8(7-11)2-4-12-5-3-10-8/h9-10H,2-7H2,1H3. The van der Waals surface area contributed by atoms with E-state index in [0.29, 0.717) is 5.54 Å². The van der Waals surface area contributed by atoms with Crippen LogP contribution in [0.2, 0.25) is 0 Å². The third-order valence-electron chi connectivity index (χ3n) is 2.77. The highest BCUT2D eigenvalue weighted by Gasteiger charge is 2.42. The first-order chi connectivity index (χ1) is 5.85. The first kappa shape index (κ1) is 8.44. The summed E-state index contributed by atoms with van der Waals surface area (Å²) in [5.74, 6) is 0. The molecule has 2 aliphatic heterocycles. The SMILES string of the molecule is CNN1CC2(CCOCCN2)C1. The van der Waals surface area contributed by atoms with Crippen molar-refractivity contribution in [1.82, 2.24) is 15.8 Å². The lowest BCUT2D eigenvalue weighted by Gasteiger charge is -2.49. The van der Waals surface area contributed by atoms with E-state index < -0.39 is 0 Å². The maximum Gasteiger partial charge on any atom is 0.0591 e. The molecule has 70 valence electrons. The maximum atomic E-state index is 5.39. The molecule has 2 fully saturated rings. The Labute approximate surface area is 73.2 Å². The largest absolute Gasteiger partial charge is 0.380 e. The number of rotatable bonds is 1. The zero-order valence-electron chi connectivity index (χ0n) is 7.60. The van der Waals surface area contributed by atoms with Gasteiger partial charge in [-0.05, 0) is 13.5 Å². The molecule has 0 aromatic rings. The van der Waals surface area contributed by atoms with E-state index in [1.807, 2.05) is 7.05 Å². The summed E-state index contributed by atoms with van der Waals surface area (Å²) in [6.45, 7) is 4.98. The van der Waals surface area contributed by atoms with Crippen LogP contribution in [-0.4, -0.2) is 50.4 Å². The summed E-state index contributed by atoms with van der Waals surface area (Å²) < 4.78 is 5.39. The fourth-order valence-electron chi connectivity index (χ4n) is 1.96. The highest BCUT2D eigenvalue weighted by Crippen LogP contribution is 2.23. The summed E-state index contributed by atoms with van der Waals surface area (Å²) in [7, 11) is 1.97. The van der Waals surface area contributed by atoms with Crippen molar-refractivity contribution in [3.63, 3.8) is 0 Å². The lowest BCUT2D eigenvalue weighted by atomic mass is 9.88. The minimum Gasteiger partial charge on any atom is -0.380 e. The molecule has 0 unspecified atom stereocenters. The third-order valence-corrected chi connectivity index (χ3v) is 2.77. The second-order valence-electron chi connectivity index (χ2n) is 3.65. The van der Waals surface area contributed by atoms with Gasteiger partial charge in [-0.2, -0.15) is 0 Å². The van der Waals surface area contributed by atoms with Crippen molar-refractivity contribution >= 4 is 0 Å². The predicted molar refractivity (Wildman–Crippen MR) is 46.8 cm³/mol. The van der Waals surface area contributed by atoms with E-state index in [2.05, 4.69) is 15.8 Å². The first-order valence-electron chi connectivity index (χ1n) is 4.60. The van der Waals surface area contributed by atoms with Crippen LogP contribution in [0.4, 0.5) is 0 Å². The van der Waals surface area contributed by atoms with E-state index in [-0.39, 0.29) is 0 Å². The summed E-state index contributed by atoms with van der Waals surface area (Å²) in [5, 5.41) is 5.77. The van der Waals surface area contributed by atoms with E-state index in [4.69, 9.17) is 4.74 Å². The van der Waals surface area contributed by atoms with E-state index in [1.54, 1.807) is 0 Å². The van der Waals surface area contributed by atoms with Crippen molar-refractivity contribution in [1.29, 1.82) is 0 Å². The maximum absolute atomic E-state index is 5.39. The van der Waals surface area contributed by atoms with Crippen molar-refractivity contribution in [2.45, 2.75) is 12.0 Å². The molecule has 0 aliphatic carbocycles. The van der Waals surface area contributed by atoms with Gasteiger partial charge in [0.15, 0.2) is 0 Å². The Balaban J connectivity index is 1.86. The van der Waals surface area contributed by atoms with Crippen LogP contribution < -0.4 is 10.7 Å². The van der Waals surface area contributed by atoms with Gasteiger partial charge in [0.2, 0.25) is 0 Å². The normalized spacial score (nSPS) is 29.8. The number of nitrogens with one attached hydrogen (secondary N) is 2. The van der Waals surface area contributed by atoms with Gasteiger partial charge in [-0.3, -0.25) is 5.43 Å². The molecule has 1 spiro atoms. The quantitative estimate of drug-likeness (QED) is 0.541. The molecule has 4 heteroatoms. The van der Waals surface area contributed by atoms with Gasteiger partial charge < -0.3 is 10.1 Å². The van der Waals surface area contributed by atoms with Crippen molar-refractivity contribution in [2.75, 3.05) is 39.9 Å². The molecule has 0 aromatic carbocycles. The molecular formula is C8H17N3O. The molecule has 4 nitrogen and oxygen atoms in total. The molecule has 12 heavy (non-hydrogen) atoms. The second kappa shape index (κ2) is 3.30. The van der Waals surface area contributed by atoms with Crippen molar-refractivity contribution < 1.29 is 4.74 Å². The van der Waals surface area contributed by atoms with Crippen LogP contribution in [0, 0.1) is 0 Å². The van der Waals surface area contributed by atoms with E-state index in [1.165, 1.54) is 0 Å². The average molecular weight is 171 g/mol. The van der Waals surface area contributed by atoms with E-state index in [9.17, 15) is 0 Å². The second-order valence-corrected chi connectivity index (χ2v) is 3.65. The zero-order chi connectivity index (χ0) is 8.44. The summed E-state index contributed by atoms with van der Waals surface area (Å²) >= 11 is 0. The van der Waals surface area contributed by atoms with Gasteiger partial charge in [-0.1, -0.05) is 0 Å². The first-order valence-corrected chi connectivity index (χ1v) is 4.60. The highest BCUT2D eigenvalue weighted by atomic mass is 16.5. The number of hydrogen-bond acceptors (Lipinski definition) is 4. The highest BCUT2D eigenvalue weighted by molar-refractivity contribution is 5.01. The van der Waals surface area contributed by atoms with Gasteiger partial charge in [0.25, 0.3) is 0 Å².